The Labute approximate surface area is 93.6 Å². The van der Waals surface area contributed by atoms with E-state index in [2.05, 4.69) is 5.16 Å². The lowest BCUT2D eigenvalue weighted by Gasteiger charge is -2.09. The van der Waals surface area contributed by atoms with Crippen molar-refractivity contribution in [2.75, 3.05) is 0 Å². The molecule has 0 heterocycles. The number of hydrogen-bond acceptors (Lipinski definition) is 4. The van der Waals surface area contributed by atoms with E-state index in [1.54, 1.807) is 13.0 Å². The van der Waals surface area contributed by atoms with Crippen molar-refractivity contribution in [1.82, 2.24) is 0 Å². The molecular weight excluding hydrogens is 208 g/mol. The smallest absolute Gasteiger partial charge is 0.276 e. The predicted octanol–water partition coefficient (Wildman–Crippen LogP) is 2.52. The summed E-state index contributed by atoms with van der Waals surface area (Å²) in [7, 11) is 0. The minimum Gasteiger partial charge on any atom is -0.411 e. The first-order valence-corrected chi connectivity index (χ1v) is 4.89. The quantitative estimate of drug-likeness (QED) is 0.369. The lowest BCUT2D eigenvalue weighted by Crippen LogP contribution is -2.02. The maximum absolute atomic E-state index is 11.0. The van der Waals surface area contributed by atoms with E-state index < -0.39 is 0 Å². The van der Waals surface area contributed by atoms with Gasteiger partial charge in [-0.2, -0.15) is 0 Å². The highest BCUT2D eigenvalue weighted by Gasteiger charge is 2.19. The summed E-state index contributed by atoms with van der Waals surface area (Å²) in [6.45, 7) is 5.51. The maximum Gasteiger partial charge on any atom is 0.276 e. The second-order valence-electron chi connectivity index (χ2n) is 3.71. The average molecular weight is 222 g/mol. The van der Waals surface area contributed by atoms with E-state index in [4.69, 9.17) is 5.21 Å². The van der Waals surface area contributed by atoms with E-state index in [1.165, 1.54) is 6.21 Å². The van der Waals surface area contributed by atoms with Crippen molar-refractivity contribution in [2.24, 2.45) is 5.16 Å². The van der Waals surface area contributed by atoms with Crippen molar-refractivity contribution in [3.8, 4) is 0 Å². The largest absolute Gasteiger partial charge is 0.411 e. The predicted molar refractivity (Wildman–Crippen MR) is 61.3 cm³/mol. The molecular formula is C11H14N2O3. The fourth-order valence-electron chi connectivity index (χ4n) is 1.70. The van der Waals surface area contributed by atoms with Crippen LogP contribution < -0.4 is 0 Å². The van der Waals surface area contributed by atoms with Crippen LogP contribution in [0.1, 0.15) is 22.3 Å². The van der Waals surface area contributed by atoms with Crippen molar-refractivity contribution in [2.45, 2.75) is 27.2 Å². The van der Waals surface area contributed by atoms with E-state index in [-0.39, 0.29) is 17.0 Å². The summed E-state index contributed by atoms with van der Waals surface area (Å²) in [4.78, 5) is 10.6. The lowest BCUT2D eigenvalue weighted by atomic mass is 9.96. The summed E-state index contributed by atoms with van der Waals surface area (Å²) in [6.07, 6.45) is 1.51. The van der Waals surface area contributed by atoms with E-state index in [0.717, 1.165) is 11.1 Å². The molecule has 0 saturated heterocycles. The molecule has 0 radical (unpaired) electrons. The lowest BCUT2D eigenvalue weighted by molar-refractivity contribution is -0.386. The number of benzene rings is 1. The Morgan fingerprint density at radius 1 is 1.44 bits per heavy atom. The van der Waals surface area contributed by atoms with Crippen molar-refractivity contribution in [3.05, 3.63) is 38.4 Å². The highest BCUT2D eigenvalue weighted by atomic mass is 16.6. The first-order valence-electron chi connectivity index (χ1n) is 4.89. The number of rotatable bonds is 3. The van der Waals surface area contributed by atoms with Gasteiger partial charge in [0, 0.05) is 23.8 Å². The monoisotopic (exact) mass is 222 g/mol. The second kappa shape index (κ2) is 4.74. The van der Waals surface area contributed by atoms with E-state index in [0.29, 0.717) is 11.1 Å². The van der Waals surface area contributed by atoms with Crippen LogP contribution in [-0.2, 0) is 6.42 Å². The molecule has 1 N–H and O–H groups in total. The fraction of sp³-hybridized carbons (Fsp3) is 0.364. The van der Waals surface area contributed by atoms with Gasteiger partial charge < -0.3 is 5.21 Å². The van der Waals surface area contributed by atoms with Crippen molar-refractivity contribution in [1.29, 1.82) is 0 Å². The van der Waals surface area contributed by atoms with E-state index in [1.807, 2.05) is 13.8 Å². The van der Waals surface area contributed by atoms with Crippen LogP contribution in [0.3, 0.4) is 0 Å². The van der Waals surface area contributed by atoms with Gasteiger partial charge in [0.1, 0.15) is 0 Å². The van der Waals surface area contributed by atoms with Crippen molar-refractivity contribution < 1.29 is 10.1 Å². The molecule has 0 aliphatic heterocycles. The van der Waals surface area contributed by atoms with Gasteiger partial charge in [0.05, 0.1) is 4.92 Å². The van der Waals surface area contributed by atoms with Gasteiger partial charge in [-0.1, -0.05) is 0 Å². The third-order valence-electron chi connectivity index (χ3n) is 2.78. The Kier molecular flexibility index (Phi) is 3.60. The molecule has 1 aromatic carbocycles. The minimum absolute atomic E-state index is 0.114. The number of hydrogen-bond donors (Lipinski definition) is 1. The van der Waals surface area contributed by atoms with Gasteiger partial charge in [-0.25, -0.2) is 0 Å². The molecule has 5 heteroatoms. The van der Waals surface area contributed by atoms with Gasteiger partial charge in [-0.15, -0.1) is 5.16 Å². The third kappa shape index (κ3) is 2.18. The van der Waals surface area contributed by atoms with Gasteiger partial charge in [0.25, 0.3) is 5.69 Å². The Morgan fingerprint density at radius 2 is 2.06 bits per heavy atom. The molecule has 0 aliphatic rings. The van der Waals surface area contributed by atoms with Crippen LogP contribution >= 0.6 is 0 Å². The van der Waals surface area contributed by atoms with E-state index in [9.17, 15) is 10.1 Å². The van der Waals surface area contributed by atoms with Gasteiger partial charge >= 0.3 is 0 Å². The number of aryl methyl sites for hydroxylation is 1. The molecule has 0 bridgehead atoms. The van der Waals surface area contributed by atoms with Gasteiger partial charge in [-0.3, -0.25) is 10.1 Å². The molecule has 0 aromatic heterocycles. The molecule has 0 spiro atoms. The van der Waals surface area contributed by atoms with E-state index >= 15 is 0 Å². The molecule has 0 aliphatic carbocycles. The maximum atomic E-state index is 11.0. The topological polar surface area (TPSA) is 75.7 Å². The van der Waals surface area contributed by atoms with Crippen LogP contribution in [0.5, 0.6) is 0 Å². The van der Waals surface area contributed by atoms with Crippen molar-refractivity contribution in [3.63, 3.8) is 0 Å². The van der Waals surface area contributed by atoms with Crippen LogP contribution in [0, 0.1) is 30.9 Å². The van der Waals surface area contributed by atoms with Gasteiger partial charge in [-0.05, 0) is 38.0 Å². The Balaban J connectivity index is 3.40. The number of oxime groups is 1. The molecule has 0 fully saturated rings. The van der Waals surface area contributed by atoms with Gasteiger partial charge in [0.2, 0.25) is 0 Å². The second-order valence-corrected chi connectivity index (χ2v) is 3.71. The normalized spacial score (nSPS) is 10.9. The van der Waals surface area contributed by atoms with Crippen LogP contribution in [0.4, 0.5) is 5.69 Å². The molecule has 0 saturated carbocycles. The van der Waals surface area contributed by atoms with Crippen molar-refractivity contribution >= 4 is 11.9 Å². The highest BCUT2D eigenvalue weighted by molar-refractivity contribution is 5.66. The zero-order valence-electron chi connectivity index (χ0n) is 9.52. The van der Waals surface area contributed by atoms with Crippen LogP contribution in [-0.4, -0.2) is 16.3 Å². The van der Waals surface area contributed by atoms with Crippen LogP contribution in [0.15, 0.2) is 11.2 Å². The first kappa shape index (κ1) is 12.2. The summed E-state index contributed by atoms with van der Waals surface area (Å²) in [5.74, 6) is 0. The molecule has 86 valence electrons. The summed E-state index contributed by atoms with van der Waals surface area (Å²) >= 11 is 0. The molecule has 0 unspecified atom stereocenters. The Bertz CT molecular complexity index is 453. The molecule has 0 amide bonds. The summed E-state index contributed by atoms with van der Waals surface area (Å²) in [5, 5.41) is 22.2. The molecule has 1 rings (SSSR count). The summed E-state index contributed by atoms with van der Waals surface area (Å²) < 4.78 is 0. The molecule has 16 heavy (non-hydrogen) atoms. The average Bonchev–Trinajstić information content (AvgIpc) is 2.22. The zero-order chi connectivity index (χ0) is 12.3. The number of nitro groups is 1. The van der Waals surface area contributed by atoms with Crippen LogP contribution in [0.2, 0.25) is 0 Å². The highest BCUT2D eigenvalue weighted by Crippen LogP contribution is 2.28. The molecule has 5 nitrogen and oxygen atoms in total. The van der Waals surface area contributed by atoms with Crippen LogP contribution in [0.25, 0.3) is 0 Å². The number of nitro benzene ring substituents is 1. The SMILES string of the molecule is Cc1cc(C/C=N/O)c([N+](=O)[O-])c(C)c1C. The first-order chi connectivity index (χ1) is 7.49. The Morgan fingerprint density at radius 3 is 2.56 bits per heavy atom. The third-order valence-corrected chi connectivity index (χ3v) is 2.78. The molecule has 1 aromatic rings. The number of nitrogens with zero attached hydrogens (tertiary/aromatic N) is 2. The fourth-order valence-corrected chi connectivity index (χ4v) is 1.70. The summed E-state index contributed by atoms with van der Waals surface area (Å²) in [6, 6.07) is 1.77. The Hall–Kier alpha value is -1.91. The standard InChI is InChI=1S/C11H14N2O3/c1-7-6-10(4-5-12-14)11(13(15)16)9(3)8(7)2/h5-6,14H,4H2,1-3H3/b12-5+. The minimum atomic E-state index is -0.387. The zero-order valence-corrected chi connectivity index (χ0v) is 9.52. The molecule has 0 atom stereocenters. The summed E-state index contributed by atoms with van der Waals surface area (Å²) in [5.41, 5.74) is 3.29. The van der Waals surface area contributed by atoms with Gasteiger partial charge in [0.15, 0.2) is 0 Å².